The first-order valence-corrected chi connectivity index (χ1v) is 10.0. The molecule has 1 N–H and O–H groups in total. The molecular formula is C25H21FN2O2. The van der Waals surface area contributed by atoms with Crippen molar-refractivity contribution >= 4 is 22.6 Å². The van der Waals surface area contributed by atoms with E-state index < -0.39 is 0 Å². The minimum Gasteiger partial charge on any atom is -0.461 e. The zero-order valence-corrected chi connectivity index (χ0v) is 16.4. The molecule has 0 atom stereocenters. The Bertz CT molecular complexity index is 1210. The molecule has 0 unspecified atom stereocenters. The molecule has 0 bridgehead atoms. The highest BCUT2D eigenvalue weighted by atomic mass is 19.1. The maximum absolute atomic E-state index is 13.1. The molecule has 1 aromatic heterocycles. The Kier molecular flexibility index (Phi) is 4.81. The summed E-state index contributed by atoms with van der Waals surface area (Å²) in [5.41, 5.74) is 4.51. The van der Waals surface area contributed by atoms with Gasteiger partial charge in [-0.15, -0.1) is 0 Å². The van der Waals surface area contributed by atoms with E-state index in [2.05, 4.69) is 22.3 Å². The second-order valence-corrected chi connectivity index (χ2v) is 7.62. The van der Waals surface area contributed by atoms with Crippen LogP contribution in [0.2, 0.25) is 0 Å². The van der Waals surface area contributed by atoms with Crippen molar-refractivity contribution in [3.63, 3.8) is 0 Å². The Hall–Kier alpha value is -3.44. The van der Waals surface area contributed by atoms with Gasteiger partial charge in [0.25, 0.3) is 5.91 Å². The number of hydrogen-bond acceptors (Lipinski definition) is 3. The lowest BCUT2D eigenvalue weighted by Gasteiger charge is -2.26. The Labute approximate surface area is 173 Å². The molecule has 0 spiro atoms. The van der Waals surface area contributed by atoms with Gasteiger partial charge in [-0.1, -0.05) is 30.3 Å². The van der Waals surface area contributed by atoms with Gasteiger partial charge in [-0.25, -0.2) is 4.39 Å². The highest BCUT2D eigenvalue weighted by molar-refractivity contribution is 6.04. The predicted molar refractivity (Wildman–Crippen MR) is 115 cm³/mol. The first kappa shape index (κ1) is 18.6. The largest absolute Gasteiger partial charge is 0.461 e. The van der Waals surface area contributed by atoms with Crippen molar-refractivity contribution in [1.29, 1.82) is 0 Å². The standard InChI is InChI=1S/C25H21FN2O2/c26-19-10-8-18(9-11-19)25(29)27-20-5-3-4-17(14-20)15-28-13-12-24-22(16-28)21-6-1-2-7-23(21)30-24/h1-11,14H,12-13,15-16H2,(H,27,29). The van der Waals surface area contributed by atoms with E-state index in [-0.39, 0.29) is 11.7 Å². The zero-order valence-electron chi connectivity index (χ0n) is 16.4. The van der Waals surface area contributed by atoms with Crippen molar-refractivity contribution in [2.75, 3.05) is 11.9 Å². The number of anilines is 1. The molecule has 0 fully saturated rings. The summed E-state index contributed by atoms with van der Waals surface area (Å²) in [5, 5.41) is 4.09. The molecule has 0 saturated carbocycles. The number of halogens is 1. The van der Waals surface area contributed by atoms with Gasteiger partial charge < -0.3 is 9.73 Å². The summed E-state index contributed by atoms with van der Waals surface area (Å²) in [5.74, 6) is 0.482. The lowest BCUT2D eigenvalue weighted by Crippen LogP contribution is -2.29. The number of carbonyl (C=O) groups excluding carboxylic acids is 1. The van der Waals surface area contributed by atoms with Gasteiger partial charge in [0.05, 0.1) is 0 Å². The van der Waals surface area contributed by atoms with Crippen LogP contribution in [0.25, 0.3) is 11.0 Å². The molecule has 0 aliphatic carbocycles. The van der Waals surface area contributed by atoms with Crippen LogP contribution in [0.3, 0.4) is 0 Å². The Morgan fingerprint density at radius 3 is 2.73 bits per heavy atom. The Morgan fingerprint density at radius 1 is 1.03 bits per heavy atom. The summed E-state index contributed by atoms with van der Waals surface area (Å²) in [6.07, 6.45) is 0.894. The number of hydrogen-bond donors (Lipinski definition) is 1. The van der Waals surface area contributed by atoms with Gasteiger partial charge in [0.2, 0.25) is 0 Å². The van der Waals surface area contributed by atoms with E-state index in [0.717, 1.165) is 48.6 Å². The third-order valence-corrected chi connectivity index (χ3v) is 5.52. The Balaban J connectivity index is 1.29. The monoisotopic (exact) mass is 400 g/mol. The summed E-state index contributed by atoms with van der Waals surface area (Å²) in [6, 6.07) is 21.6. The van der Waals surface area contributed by atoms with E-state index in [4.69, 9.17) is 4.42 Å². The van der Waals surface area contributed by atoms with Crippen molar-refractivity contribution in [2.45, 2.75) is 19.5 Å². The summed E-state index contributed by atoms with van der Waals surface area (Å²) in [4.78, 5) is 14.8. The van der Waals surface area contributed by atoms with Crippen LogP contribution in [0.1, 0.15) is 27.2 Å². The average Bonchev–Trinajstić information content (AvgIpc) is 3.12. The number of nitrogens with one attached hydrogen (secondary N) is 1. The molecule has 4 nitrogen and oxygen atoms in total. The van der Waals surface area contributed by atoms with Crippen LogP contribution >= 0.6 is 0 Å². The molecular weight excluding hydrogens is 379 g/mol. The Morgan fingerprint density at radius 2 is 1.87 bits per heavy atom. The fraction of sp³-hybridized carbons (Fsp3) is 0.160. The van der Waals surface area contributed by atoms with Crippen molar-refractivity contribution in [3.8, 4) is 0 Å². The molecule has 1 aliphatic heterocycles. The molecule has 5 heteroatoms. The van der Waals surface area contributed by atoms with Crippen LogP contribution in [0, 0.1) is 5.82 Å². The van der Waals surface area contributed by atoms with Crippen LogP contribution in [0.15, 0.2) is 77.2 Å². The molecule has 0 saturated heterocycles. The number of carbonyl (C=O) groups is 1. The zero-order chi connectivity index (χ0) is 20.5. The highest BCUT2D eigenvalue weighted by Gasteiger charge is 2.22. The summed E-state index contributed by atoms with van der Waals surface area (Å²) < 4.78 is 19.1. The SMILES string of the molecule is O=C(Nc1cccc(CN2CCc3oc4ccccc4c3C2)c1)c1ccc(F)cc1. The van der Waals surface area contributed by atoms with Crippen LogP contribution in [-0.4, -0.2) is 17.4 Å². The van der Waals surface area contributed by atoms with Gasteiger partial charge in [-0.2, -0.15) is 0 Å². The minimum absolute atomic E-state index is 0.250. The van der Waals surface area contributed by atoms with E-state index in [1.807, 2.05) is 36.4 Å². The van der Waals surface area contributed by atoms with Gasteiger partial charge in [0, 0.05) is 48.3 Å². The number of rotatable bonds is 4. The molecule has 150 valence electrons. The van der Waals surface area contributed by atoms with Gasteiger partial charge in [0.1, 0.15) is 17.2 Å². The molecule has 30 heavy (non-hydrogen) atoms. The maximum atomic E-state index is 13.1. The van der Waals surface area contributed by atoms with Gasteiger partial charge in [-0.05, 0) is 48.0 Å². The molecule has 2 heterocycles. The first-order valence-electron chi connectivity index (χ1n) is 10.0. The fourth-order valence-electron chi connectivity index (χ4n) is 4.03. The number of benzene rings is 3. The predicted octanol–water partition coefficient (Wildman–Crippen LogP) is 5.38. The molecule has 3 aromatic carbocycles. The van der Waals surface area contributed by atoms with E-state index >= 15 is 0 Å². The van der Waals surface area contributed by atoms with Gasteiger partial charge in [0.15, 0.2) is 0 Å². The van der Waals surface area contributed by atoms with E-state index in [9.17, 15) is 9.18 Å². The second kappa shape index (κ2) is 7.76. The average molecular weight is 400 g/mol. The fourth-order valence-corrected chi connectivity index (χ4v) is 4.03. The topological polar surface area (TPSA) is 45.5 Å². The highest BCUT2D eigenvalue weighted by Crippen LogP contribution is 2.31. The van der Waals surface area contributed by atoms with Crippen molar-refractivity contribution < 1.29 is 13.6 Å². The number of para-hydroxylation sites is 1. The van der Waals surface area contributed by atoms with Crippen molar-refractivity contribution in [1.82, 2.24) is 4.90 Å². The third kappa shape index (κ3) is 3.72. The smallest absolute Gasteiger partial charge is 0.255 e. The quantitative estimate of drug-likeness (QED) is 0.500. The molecule has 1 amide bonds. The van der Waals surface area contributed by atoms with Crippen LogP contribution < -0.4 is 5.32 Å². The molecule has 4 aromatic rings. The lowest BCUT2D eigenvalue weighted by molar-refractivity contribution is 0.102. The molecule has 1 aliphatic rings. The van der Waals surface area contributed by atoms with E-state index in [0.29, 0.717) is 5.56 Å². The van der Waals surface area contributed by atoms with Crippen molar-refractivity contribution in [2.24, 2.45) is 0 Å². The second-order valence-electron chi connectivity index (χ2n) is 7.62. The number of fused-ring (bicyclic) bond motifs is 3. The summed E-state index contributed by atoms with van der Waals surface area (Å²) in [6.45, 7) is 2.57. The number of nitrogens with zero attached hydrogens (tertiary/aromatic N) is 1. The van der Waals surface area contributed by atoms with Crippen LogP contribution in [-0.2, 0) is 19.5 Å². The number of amides is 1. The van der Waals surface area contributed by atoms with Crippen LogP contribution in [0.4, 0.5) is 10.1 Å². The molecule has 0 radical (unpaired) electrons. The van der Waals surface area contributed by atoms with E-state index in [1.54, 1.807) is 0 Å². The molecule has 5 rings (SSSR count). The summed E-state index contributed by atoms with van der Waals surface area (Å²) in [7, 11) is 0. The normalized spacial score (nSPS) is 13.9. The third-order valence-electron chi connectivity index (χ3n) is 5.52. The van der Waals surface area contributed by atoms with Gasteiger partial charge in [-0.3, -0.25) is 9.69 Å². The van der Waals surface area contributed by atoms with Gasteiger partial charge >= 0.3 is 0 Å². The number of furan rings is 1. The first-order chi connectivity index (χ1) is 14.7. The summed E-state index contributed by atoms with van der Waals surface area (Å²) >= 11 is 0. The van der Waals surface area contributed by atoms with Crippen molar-refractivity contribution in [3.05, 3.63) is 101 Å². The van der Waals surface area contributed by atoms with E-state index in [1.165, 1.54) is 35.2 Å². The lowest BCUT2D eigenvalue weighted by atomic mass is 10.0. The van der Waals surface area contributed by atoms with Crippen LogP contribution in [0.5, 0.6) is 0 Å². The minimum atomic E-state index is -0.358. The maximum Gasteiger partial charge on any atom is 0.255 e.